The molecule has 0 aliphatic carbocycles. The van der Waals surface area contributed by atoms with Gasteiger partial charge in [0.15, 0.2) is 0 Å². The van der Waals surface area contributed by atoms with Gasteiger partial charge in [-0.3, -0.25) is 4.79 Å². The van der Waals surface area contributed by atoms with Gasteiger partial charge in [-0.05, 0) is 37.6 Å². The van der Waals surface area contributed by atoms with Gasteiger partial charge < -0.3 is 15.2 Å². The molecule has 0 saturated heterocycles. The number of carbonyl (C=O) groups excluding carboxylic acids is 1. The predicted molar refractivity (Wildman–Crippen MR) is 78.3 cm³/mol. The zero-order valence-electron chi connectivity index (χ0n) is 11.5. The van der Waals surface area contributed by atoms with Crippen LogP contribution in [-0.4, -0.2) is 36.9 Å². The average Bonchev–Trinajstić information content (AvgIpc) is 2.37. The lowest BCUT2D eigenvalue weighted by Crippen LogP contribution is -2.41. The quantitative estimate of drug-likeness (QED) is 0.841. The Bertz CT molecular complexity index is 446. The van der Waals surface area contributed by atoms with Gasteiger partial charge in [0.2, 0.25) is 0 Å². The first-order chi connectivity index (χ1) is 8.85. The Balaban J connectivity index is 2.57. The molecule has 1 atom stereocenters. The summed E-state index contributed by atoms with van der Waals surface area (Å²) in [7, 11) is 1.58. The summed E-state index contributed by atoms with van der Waals surface area (Å²) in [5.41, 5.74) is 0.623. The van der Waals surface area contributed by atoms with Crippen LogP contribution in [0.1, 0.15) is 29.3 Å². The second-order valence-corrected chi connectivity index (χ2v) is 5.74. The van der Waals surface area contributed by atoms with E-state index >= 15 is 0 Å². The summed E-state index contributed by atoms with van der Waals surface area (Å²) in [5.74, 6) is -0.187. The second kappa shape index (κ2) is 7.03. The fourth-order valence-corrected chi connectivity index (χ4v) is 1.82. The molecule has 2 N–H and O–H groups in total. The molecule has 0 aliphatic rings. The highest BCUT2D eigenvalue weighted by Gasteiger charge is 2.21. The van der Waals surface area contributed by atoms with Gasteiger partial charge in [0.1, 0.15) is 0 Å². The SMILES string of the molecule is COCCC(C)(O)CNC(=O)c1ccc(Br)c(C)c1. The maximum absolute atomic E-state index is 12.0. The van der Waals surface area contributed by atoms with Crippen LogP contribution in [0.5, 0.6) is 0 Å². The fourth-order valence-electron chi connectivity index (χ4n) is 1.57. The molecule has 1 unspecified atom stereocenters. The monoisotopic (exact) mass is 329 g/mol. The number of amides is 1. The summed E-state index contributed by atoms with van der Waals surface area (Å²) in [6.07, 6.45) is 0.475. The smallest absolute Gasteiger partial charge is 0.251 e. The summed E-state index contributed by atoms with van der Waals surface area (Å²) < 4.78 is 5.89. The van der Waals surface area contributed by atoms with Gasteiger partial charge in [-0.15, -0.1) is 0 Å². The molecule has 0 saturated carbocycles. The van der Waals surface area contributed by atoms with Crippen LogP contribution >= 0.6 is 15.9 Å². The Morgan fingerprint density at radius 3 is 2.79 bits per heavy atom. The van der Waals surface area contributed by atoms with Crippen molar-refractivity contribution < 1.29 is 14.6 Å². The molecule has 0 fully saturated rings. The van der Waals surface area contributed by atoms with Crippen molar-refractivity contribution in [2.24, 2.45) is 0 Å². The van der Waals surface area contributed by atoms with E-state index < -0.39 is 5.60 Å². The summed E-state index contributed by atoms with van der Waals surface area (Å²) in [4.78, 5) is 12.0. The van der Waals surface area contributed by atoms with E-state index in [9.17, 15) is 9.90 Å². The van der Waals surface area contributed by atoms with Gasteiger partial charge in [0, 0.05) is 36.7 Å². The highest BCUT2D eigenvalue weighted by atomic mass is 79.9. The number of aryl methyl sites for hydroxylation is 1. The molecule has 5 heteroatoms. The van der Waals surface area contributed by atoms with Crippen molar-refractivity contribution in [3.8, 4) is 0 Å². The molecule has 0 radical (unpaired) electrons. The number of carbonyl (C=O) groups is 1. The molecule has 1 aromatic rings. The first-order valence-electron chi connectivity index (χ1n) is 6.11. The number of aliphatic hydroxyl groups is 1. The van der Waals surface area contributed by atoms with Gasteiger partial charge >= 0.3 is 0 Å². The Kier molecular flexibility index (Phi) is 5.97. The fraction of sp³-hybridized carbons (Fsp3) is 0.500. The first-order valence-corrected chi connectivity index (χ1v) is 6.91. The maximum Gasteiger partial charge on any atom is 0.251 e. The Hall–Kier alpha value is -0.910. The van der Waals surface area contributed by atoms with Crippen LogP contribution in [0.4, 0.5) is 0 Å². The van der Waals surface area contributed by atoms with E-state index in [1.54, 1.807) is 20.1 Å². The number of ether oxygens (including phenoxy) is 1. The van der Waals surface area contributed by atoms with Crippen molar-refractivity contribution in [1.82, 2.24) is 5.32 Å². The molecule has 19 heavy (non-hydrogen) atoms. The molecule has 0 aromatic heterocycles. The largest absolute Gasteiger partial charge is 0.388 e. The lowest BCUT2D eigenvalue weighted by Gasteiger charge is -2.23. The number of nitrogens with one attached hydrogen (secondary N) is 1. The minimum Gasteiger partial charge on any atom is -0.388 e. The van der Waals surface area contributed by atoms with Crippen molar-refractivity contribution >= 4 is 21.8 Å². The van der Waals surface area contributed by atoms with E-state index in [2.05, 4.69) is 21.2 Å². The van der Waals surface area contributed by atoms with Gasteiger partial charge in [-0.2, -0.15) is 0 Å². The molecule has 0 spiro atoms. The molecular weight excluding hydrogens is 310 g/mol. The van der Waals surface area contributed by atoms with Gasteiger partial charge in [-0.1, -0.05) is 15.9 Å². The average molecular weight is 330 g/mol. The van der Waals surface area contributed by atoms with Crippen LogP contribution in [0.3, 0.4) is 0 Å². The summed E-state index contributed by atoms with van der Waals surface area (Å²) in [5, 5.41) is 12.8. The van der Waals surface area contributed by atoms with Crippen LogP contribution in [0.2, 0.25) is 0 Å². The van der Waals surface area contributed by atoms with E-state index in [-0.39, 0.29) is 12.5 Å². The number of benzene rings is 1. The van der Waals surface area contributed by atoms with Crippen molar-refractivity contribution in [2.75, 3.05) is 20.3 Å². The van der Waals surface area contributed by atoms with E-state index in [0.29, 0.717) is 18.6 Å². The van der Waals surface area contributed by atoms with Crippen molar-refractivity contribution in [3.05, 3.63) is 33.8 Å². The third-order valence-electron chi connectivity index (χ3n) is 2.89. The zero-order chi connectivity index (χ0) is 14.5. The van der Waals surface area contributed by atoms with E-state index in [1.165, 1.54) is 0 Å². The van der Waals surface area contributed by atoms with E-state index in [0.717, 1.165) is 10.0 Å². The zero-order valence-corrected chi connectivity index (χ0v) is 13.1. The maximum atomic E-state index is 12.0. The highest BCUT2D eigenvalue weighted by Crippen LogP contribution is 2.17. The molecule has 1 rings (SSSR count). The molecular formula is C14H20BrNO3. The summed E-state index contributed by atoms with van der Waals surface area (Å²) in [6, 6.07) is 5.40. The first kappa shape index (κ1) is 16.1. The Morgan fingerprint density at radius 1 is 1.53 bits per heavy atom. The molecule has 4 nitrogen and oxygen atoms in total. The van der Waals surface area contributed by atoms with Crippen LogP contribution in [0, 0.1) is 6.92 Å². The minimum atomic E-state index is -0.962. The third-order valence-corrected chi connectivity index (χ3v) is 3.78. The minimum absolute atomic E-state index is 0.187. The number of methoxy groups -OCH3 is 1. The number of hydrogen-bond donors (Lipinski definition) is 2. The Morgan fingerprint density at radius 2 is 2.21 bits per heavy atom. The number of halogens is 1. The van der Waals surface area contributed by atoms with E-state index in [1.807, 2.05) is 19.1 Å². The Labute approximate surface area is 122 Å². The van der Waals surface area contributed by atoms with Crippen LogP contribution in [-0.2, 0) is 4.74 Å². The van der Waals surface area contributed by atoms with Gasteiger partial charge in [0.25, 0.3) is 5.91 Å². The lowest BCUT2D eigenvalue weighted by atomic mass is 10.0. The highest BCUT2D eigenvalue weighted by molar-refractivity contribution is 9.10. The molecule has 0 heterocycles. The normalized spacial score (nSPS) is 13.9. The molecule has 1 aromatic carbocycles. The number of hydrogen-bond acceptors (Lipinski definition) is 3. The van der Waals surface area contributed by atoms with Crippen molar-refractivity contribution in [1.29, 1.82) is 0 Å². The predicted octanol–water partition coefficient (Wildman–Crippen LogP) is 2.27. The molecule has 0 bridgehead atoms. The lowest BCUT2D eigenvalue weighted by molar-refractivity contribution is 0.0243. The number of rotatable bonds is 6. The summed E-state index contributed by atoms with van der Waals surface area (Å²) in [6.45, 7) is 4.26. The van der Waals surface area contributed by atoms with Crippen LogP contribution in [0.25, 0.3) is 0 Å². The van der Waals surface area contributed by atoms with Crippen molar-refractivity contribution in [3.63, 3.8) is 0 Å². The topological polar surface area (TPSA) is 58.6 Å². The van der Waals surface area contributed by atoms with Crippen LogP contribution < -0.4 is 5.32 Å². The summed E-state index contributed by atoms with van der Waals surface area (Å²) >= 11 is 3.39. The van der Waals surface area contributed by atoms with Gasteiger partial charge in [0.05, 0.1) is 5.60 Å². The van der Waals surface area contributed by atoms with E-state index in [4.69, 9.17) is 4.74 Å². The van der Waals surface area contributed by atoms with Crippen LogP contribution in [0.15, 0.2) is 22.7 Å². The van der Waals surface area contributed by atoms with Gasteiger partial charge in [-0.25, -0.2) is 0 Å². The standard InChI is InChI=1S/C14H20BrNO3/c1-10-8-11(4-5-12(10)15)13(17)16-9-14(2,18)6-7-19-3/h4-5,8,18H,6-7,9H2,1-3H3,(H,16,17). The van der Waals surface area contributed by atoms with Crippen molar-refractivity contribution in [2.45, 2.75) is 25.9 Å². The molecule has 0 aliphatic heterocycles. The third kappa shape index (κ3) is 5.30. The molecule has 1 amide bonds. The second-order valence-electron chi connectivity index (χ2n) is 4.89. The molecule has 106 valence electrons.